The van der Waals surface area contributed by atoms with Crippen LogP contribution in [0.3, 0.4) is 0 Å². The maximum atomic E-state index is 12.3. The van der Waals surface area contributed by atoms with Crippen LogP contribution in [-0.4, -0.2) is 31.7 Å². The number of carbonyl (C=O) groups excluding carboxylic acids is 2. The van der Waals surface area contributed by atoms with Gasteiger partial charge in [0.15, 0.2) is 18.1 Å². The number of ether oxygens (including phenoxy) is 3. The second-order valence-corrected chi connectivity index (χ2v) is 6.42. The molecular weight excluding hydrogens is 370 g/mol. The molecule has 0 saturated heterocycles. The van der Waals surface area contributed by atoms with Crippen LogP contribution < -0.4 is 14.8 Å². The summed E-state index contributed by atoms with van der Waals surface area (Å²) >= 11 is 6.17. The molecule has 1 N–H and O–H groups in total. The van der Waals surface area contributed by atoms with Crippen molar-refractivity contribution in [3.63, 3.8) is 0 Å². The zero-order valence-electron chi connectivity index (χ0n) is 14.9. The fraction of sp³-hybridized carbons (Fsp3) is 0.300. The Morgan fingerprint density at radius 2 is 1.89 bits per heavy atom. The monoisotopic (exact) mass is 389 g/mol. The molecule has 1 heterocycles. The molecule has 0 spiro atoms. The second kappa shape index (κ2) is 8.77. The second-order valence-electron chi connectivity index (χ2n) is 6.01. The standard InChI is InChI=1S/C20H20ClNO5/c1-2-13-4-6-15(7-5-13)22-18(23)12-27-20(24)14-10-16(21)19-17(11-14)25-8-3-9-26-19/h4-7,10-11H,2-3,8-9,12H2,1H3,(H,22,23). The number of amides is 1. The van der Waals surface area contributed by atoms with Crippen LogP contribution in [0.15, 0.2) is 36.4 Å². The summed E-state index contributed by atoms with van der Waals surface area (Å²) in [4.78, 5) is 24.2. The van der Waals surface area contributed by atoms with Gasteiger partial charge in [0, 0.05) is 12.1 Å². The Morgan fingerprint density at radius 1 is 1.15 bits per heavy atom. The third-order valence-electron chi connectivity index (χ3n) is 4.02. The van der Waals surface area contributed by atoms with Gasteiger partial charge in [0.1, 0.15) is 0 Å². The lowest BCUT2D eigenvalue weighted by atomic mass is 10.1. The zero-order valence-corrected chi connectivity index (χ0v) is 15.7. The number of hydrogen-bond acceptors (Lipinski definition) is 5. The summed E-state index contributed by atoms with van der Waals surface area (Å²) in [5.74, 6) is -0.275. The number of fused-ring (bicyclic) bond motifs is 1. The molecule has 6 nitrogen and oxygen atoms in total. The number of esters is 1. The van der Waals surface area contributed by atoms with Crippen molar-refractivity contribution in [2.24, 2.45) is 0 Å². The average molecular weight is 390 g/mol. The van der Waals surface area contributed by atoms with Crippen LogP contribution in [0.25, 0.3) is 0 Å². The molecule has 0 saturated carbocycles. The molecule has 0 radical (unpaired) electrons. The van der Waals surface area contributed by atoms with Crippen LogP contribution >= 0.6 is 11.6 Å². The number of halogens is 1. The highest BCUT2D eigenvalue weighted by Crippen LogP contribution is 2.38. The number of nitrogens with one attached hydrogen (secondary N) is 1. The van der Waals surface area contributed by atoms with Crippen LogP contribution in [0.4, 0.5) is 5.69 Å². The maximum absolute atomic E-state index is 12.3. The Bertz CT molecular complexity index is 835. The molecule has 27 heavy (non-hydrogen) atoms. The first-order chi connectivity index (χ1) is 13.1. The Balaban J connectivity index is 1.59. The van der Waals surface area contributed by atoms with E-state index in [2.05, 4.69) is 12.2 Å². The smallest absolute Gasteiger partial charge is 0.338 e. The van der Waals surface area contributed by atoms with Gasteiger partial charge in [0.05, 0.1) is 23.8 Å². The van der Waals surface area contributed by atoms with Crippen LogP contribution in [0, 0.1) is 0 Å². The van der Waals surface area contributed by atoms with E-state index in [-0.39, 0.29) is 10.6 Å². The van der Waals surface area contributed by atoms with E-state index >= 15 is 0 Å². The van der Waals surface area contributed by atoms with Gasteiger partial charge in [-0.15, -0.1) is 0 Å². The average Bonchev–Trinajstić information content (AvgIpc) is 2.92. The normalized spacial score (nSPS) is 12.8. The topological polar surface area (TPSA) is 73.9 Å². The van der Waals surface area contributed by atoms with E-state index in [0.717, 1.165) is 12.8 Å². The van der Waals surface area contributed by atoms with Gasteiger partial charge in [-0.2, -0.15) is 0 Å². The first-order valence-corrected chi connectivity index (χ1v) is 9.09. The highest BCUT2D eigenvalue weighted by atomic mass is 35.5. The van der Waals surface area contributed by atoms with Gasteiger partial charge in [-0.25, -0.2) is 4.79 Å². The van der Waals surface area contributed by atoms with E-state index in [4.69, 9.17) is 25.8 Å². The maximum Gasteiger partial charge on any atom is 0.338 e. The molecule has 0 aromatic heterocycles. The summed E-state index contributed by atoms with van der Waals surface area (Å²) < 4.78 is 16.1. The molecule has 7 heteroatoms. The van der Waals surface area contributed by atoms with Crippen molar-refractivity contribution < 1.29 is 23.8 Å². The van der Waals surface area contributed by atoms with E-state index in [0.29, 0.717) is 30.4 Å². The Morgan fingerprint density at radius 3 is 2.63 bits per heavy atom. The lowest BCUT2D eigenvalue weighted by Crippen LogP contribution is -2.21. The molecule has 0 unspecified atom stereocenters. The number of carbonyl (C=O) groups is 2. The summed E-state index contributed by atoms with van der Waals surface area (Å²) in [6, 6.07) is 10.4. The first kappa shape index (κ1) is 19.0. The van der Waals surface area contributed by atoms with Gasteiger partial charge in [-0.1, -0.05) is 30.7 Å². The van der Waals surface area contributed by atoms with Crippen molar-refractivity contribution in [1.82, 2.24) is 0 Å². The van der Waals surface area contributed by atoms with Crippen LogP contribution in [0.1, 0.15) is 29.3 Å². The van der Waals surface area contributed by atoms with Gasteiger partial charge in [-0.05, 0) is 36.2 Å². The SMILES string of the molecule is CCc1ccc(NC(=O)COC(=O)c2cc(Cl)c3c(c2)OCCCO3)cc1. The Labute approximate surface area is 162 Å². The molecule has 2 aromatic rings. The summed E-state index contributed by atoms with van der Waals surface area (Å²) in [6.07, 6.45) is 1.65. The summed E-state index contributed by atoms with van der Waals surface area (Å²) in [7, 11) is 0. The van der Waals surface area contributed by atoms with Crippen molar-refractivity contribution >= 4 is 29.2 Å². The zero-order chi connectivity index (χ0) is 19.2. The molecule has 1 amide bonds. The predicted octanol–water partition coefficient (Wildman–Crippen LogP) is 3.86. The van der Waals surface area contributed by atoms with Crippen LogP contribution in [0.5, 0.6) is 11.5 Å². The molecule has 0 atom stereocenters. The van der Waals surface area contributed by atoms with Gasteiger partial charge < -0.3 is 19.5 Å². The Kier molecular flexibility index (Phi) is 6.19. The minimum atomic E-state index is -0.663. The van der Waals surface area contributed by atoms with Gasteiger partial charge >= 0.3 is 5.97 Å². The molecule has 1 aliphatic heterocycles. The van der Waals surface area contributed by atoms with E-state index in [1.54, 1.807) is 0 Å². The third kappa shape index (κ3) is 4.92. The molecule has 142 valence electrons. The van der Waals surface area contributed by atoms with Crippen LogP contribution in [-0.2, 0) is 16.0 Å². The van der Waals surface area contributed by atoms with Crippen molar-refractivity contribution in [2.75, 3.05) is 25.1 Å². The number of benzene rings is 2. The number of rotatable bonds is 5. The summed E-state index contributed by atoms with van der Waals surface area (Å²) in [6.45, 7) is 2.62. The molecule has 0 bridgehead atoms. The predicted molar refractivity (Wildman–Crippen MR) is 102 cm³/mol. The molecule has 2 aromatic carbocycles. The highest BCUT2D eigenvalue weighted by Gasteiger charge is 2.19. The minimum Gasteiger partial charge on any atom is -0.489 e. The fourth-order valence-corrected chi connectivity index (χ4v) is 2.85. The van der Waals surface area contributed by atoms with Crippen LogP contribution in [0.2, 0.25) is 5.02 Å². The molecule has 0 fully saturated rings. The Hall–Kier alpha value is -2.73. The summed E-state index contributed by atoms with van der Waals surface area (Å²) in [5.41, 5.74) is 2.02. The lowest BCUT2D eigenvalue weighted by molar-refractivity contribution is -0.119. The van der Waals surface area contributed by atoms with Gasteiger partial charge in [0.2, 0.25) is 0 Å². The lowest BCUT2D eigenvalue weighted by Gasteiger charge is -2.11. The number of anilines is 1. The quantitative estimate of drug-likeness (QED) is 0.786. The van der Waals surface area contributed by atoms with Gasteiger partial charge in [0.25, 0.3) is 5.91 Å². The van der Waals surface area contributed by atoms with Crippen molar-refractivity contribution in [3.8, 4) is 11.5 Å². The van der Waals surface area contributed by atoms with Crippen molar-refractivity contribution in [1.29, 1.82) is 0 Å². The van der Waals surface area contributed by atoms with E-state index in [1.807, 2.05) is 24.3 Å². The number of hydrogen-bond donors (Lipinski definition) is 1. The molecule has 1 aliphatic rings. The number of aryl methyl sites for hydroxylation is 1. The van der Waals surface area contributed by atoms with E-state index in [1.165, 1.54) is 17.7 Å². The fourth-order valence-electron chi connectivity index (χ4n) is 2.58. The largest absolute Gasteiger partial charge is 0.489 e. The van der Waals surface area contributed by atoms with E-state index < -0.39 is 18.5 Å². The highest BCUT2D eigenvalue weighted by molar-refractivity contribution is 6.32. The summed E-state index contributed by atoms with van der Waals surface area (Å²) in [5, 5.41) is 2.95. The molecular formula is C20H20ClNO5. The van der Waals surface area contributed by atoms with Crippen molar-refractivity contribution in [2.45, 2.75) is 19.8 Å². The third-order valence-corrected chi connectivity index (χ3v) is 4.30. The minimum absolute atomic E-state index is 0.198. The first-order valence-electron chi connectivity index (χ1n) is 8.72. The van der Waals surface area contributed by atoms with Crippen molar-refractivity contribution in [3.05, 3.63) is 52.5 Å². The van der Waals surface area contributed by atoms with E-state index in [9.17, 15) is 9.59 Å². The molecule has 0 aliphatic carbocycles. The van der Waals surface area contributed by atoms with Gasteiger partial charge in [-0.3, -0.25) is 4.79 Å². The molecule has 3 rings (SSSR count).